The number of ether oxygens (including phenoxy) is 1. The number of nitrogens with zero attached hydrogens (tertiary/aromatic N) is 1. The fraction of sp³-hybridized carbons (Fsp3) is 0.533. The standard InChI is InChI=1S/C15H22N2O4S/c1-13-5-4-6-14(11-13)21-12-15(18)16-7-9-17-8-2-3-10-22(17,19)20/h4-6,11H,2-3,7-10,12H2,1H3,(H,16,18). The quantitative estimate of drug-likeness (QED) is 0.843. The Morgan fingerprint density at radius 3 is 2.91 bits per heavy atom. The van der Waals surface area contributed by atoms with Gasteiger partial charge in [0.25, 0.3) is 5.91 Å². The second kappa shape index (κ2) is 7.60. The number of nitrogens with one attached hydrogen (secondary N) is 1. The zero-order valence-electron chi connectivity index (χ0n) is 12.7. The fourth-order valence-corrected chi connectivity index (χ4v) is 3.92. The first kappa shape index (κ1) is 16.8. The first-order valence-corrected chi connectivity index (χ1v) is 9.02. The van der Waals surface area contributed by atoms with Crippen LogP contribution in [0.1, 0.15) is 18.4 Å². The summed E-state index contributed by atoms with van der Waals surface area (Å²) in [5.41, 5.74) is 1.06. The van der Waals surface area contributed by atoms with Gasteiger partial charge in [-0.3, -0.25) is 4.79 Å². The molecule has 0 aromatic heterocycles. The third-order valence-electron chi connectivity index (χ3n) is 3.50. The van der Waals surface area contributed by atoms with Crippen LogP contribution in [0.4, 0.5) is 0 Å². The van der Waals surface area contributed by atoms with Crippen molar-refractivity contribution < 1.29 is 17.9 Å². The Morgan fingerprint density at radius 2 is 2.18 bits per heavy atom. The van der Waals surface area contributed by atoms with Crippen molar-refractivity contribution in [2.24, 2.45) is 0 Å². The van der Waals surface area contributed by atoms with E-state index in [1.54, 1.807) is 6.07 Å². The minimum atomic E-state index is -3.13. The van der Waals surface area contributed by atoms with Crippen molar-refractivity contribution in [2.75, 3.05) is 32.0 Å². The lowest BCUT2D eigenvalue weighted by molar-refractivity contribution is -0.123. The number of hydrogen-bond acceptors (Lipinski definition) is 4. The van der Waals surface area contributed by atoms with Crippen molar-refractivity contribution in [3.05, 3.63) is 29.8 Å². The summed E-state index contributed by atoms with van der Waals surface area (Å²) in [5, 5.41) is 2.68. The first-order chi connectivity index (χ1) is 10.5. The van der Waals surface area contributed by atoms with E-state index in [-0.39, 0.29) is 18.3 Å². The van der Waals surface area contributed by atoms with Crippen molar-refractivity contribution in [2.45, 2.75) is 19.8 Å². The molecule has 0 saturated carbocycles. The average molecular weight is 326 g/mol. The summed E-state index contributed by atoms with van der Waals surface area (Å²) < 4.78 is 30.4. The minimum Gasteiger partial charge on any atom is -0.484 e. The molecule has 0 aliphatic carbocycles. The molecule has 0 bridgehead atoms. The second-order valence-electron chi connectivity index (χ2n) is 5.38. The zero-order valence-corrected chi connectivity index (χ0v) is 13.6. The molecule has 1 aromatic carbocycles. The maximum absolute atomic E-state index is 11.8. The number of carbonyl (C=O) groups excluding carboxylic acids is 1. The van der Waals surface area contributed by atoms with Crippen LogP contribution in [0.3, 0.4) is 0 Å². The number of sulfonamides is 1. The molecule has 0 atom stereocenters. The van der Waals surface area contributed by atoms with Crippen LogP contribution in [-0.4, -0.2) is 50.6 Å². The predicted octanol–water partition coefficient (Wildman–Crippen LogP) is 0.916. The number of carbonyl (C=O) groups is 1. The zero-order chi connectivity index (χ0) is 16.0. The van der Waals surface area contributed by atoms with Crippen LogP contribution in [0, 0.1) is 6.92 Å². The van der Waals surface area contributed by atoms with Gasteiger partial charge in [0.15, 0.2) is 6.61 Å². The molecular formula is C15H22N2O4S. The van der Waals surface area contributed by atoms with Crippen molar-refractivity contribution in [1.82, 2.24) is 9.62 Å². The lowest BCUT2D eigenvalue weighted by Gasteiger charge is -2.26. The second-order valence-corrected chi connectivity index (χ2v) is 7.47. The van der Waals surface area contributed by atoms with Crippen LogP contribution in [0.15, 0.2) is 24.3 Å². The average Bonchev–Trinajstić information content (AvgIpc) is 2.47. The van der Waals surface area contributed by atoms with E-state index in [9.17, 15) is 13.2 Å². The smallest absolute Gasteiger partial charge is 0.257 e. The van der Waals surface area contributed by atoms with Gasteiger partial charge in [-0.15, -0.1) is 0 Å². The van der Waals surface area contributed by atoms with Gasteiger partial charge >= 0.3 is 0 Å². The molecule has 0 radical (unpaired) electrons. The molecule has 1 heterocycles. The molecule has 1 N–H and O–H groups in total. The molecule has 0 spiro atoms. The number of amides is 1. The summed E-state index contributed by atoms with van der Waals surface area (Å²) in [7, 11) is -3.13. The number of hydrogen-bond donors (Lipinski definition) is 1. The lowest BCUT2D eigenvalue weighted by Crippen LogP contribution is -2.43. The first-order valence-electron chi connectivity index (χ1n) is 7.41. The van der Waals surface area contributed by atoms with Crippen LogP contribution in [-0.2, 0) is 14.8 Å². The number of aryl methyl sites for hydroxylation is 1. The molecule has 1 amide bonds. The van der Waals surface area contributed by atoms with Gasteiger partial charge in [0.1, 0.15) is 5.75 Å². The van der Waals surface area contributed by atoms with E-state index < -0.39 is 10.0 Å². The summed E-state index contributed by atoms with van der Waals surface area (Å²) in [6, 6.07) is 7.46. The SMILES string of the molecule is Cc1cccc(OCC(=O)NCCN2CCCCS2(=O)=O)c1. The maximum atomic E-state index is 11.8. The molecule has 0 unspecified atom stereocenters. The predicted molar refractivity (Wildman–Crippen MR) is 84.3 cm³/mol. The summed E-state index contributed by atoms with van der Waals surface area (Å²) >= 11 is 0. The lowest BCUT2D eigenvalue weighted by atomic mass is 10.2. The van der Waals surface area contributed by atoms with Crippen molar-refractivity contribution >= 4 is 15.9 Å². The van der Waals surface area contributed by atoms with E-state index in [0.717, 1.165) is 18.4 Å². The Labute approximate surface area is 131 Å². The van der Waals surface area contributed by atoms with Crippen LogP contribution in [0.25, 0.3) is 0 Å². The van der Waals surface area contributed by atoms with Crippen molar-refractivity contribution in [3.8, 4) is 5.75 Å². The Balaban J connectivity index is 1.69. The van der Waals surface area contributed by atoms with E-state index in [1.807, 2.05) is 25.1 Å². The molecule has 6 nitrogen and oxygen atoms in total. The molecule has 1 aliphatic rings. The van der Waals surface area contributed by atoms with Crippen LogP contribution >= 0.6 is 0 Å². The third-order valence-corrected chi connectivity index (χ3v) is 5.45. The van der Waals surface area contributed by atoms with Crippen LogP contribution < -0.4 is 10.1 Å². The molecule has 1 saturated heterocycles. The summed E-state index contributed by atoms with van der Waals surface area (Å²) in [6.45, 7) is 3.04. The minimum absolute atomic E-state index is 0.0732. The Kier molecular flexibility index (Phi) is 5.79. The Bertz CT molecular complexity index is 616. The Hall–Kier alpha value is -1.60. The van der Waals surface area contributed by atoms with Crippen LogP contribution in [0.5, 0.6) is 5.75 Å². The molecule has 2 rings (SSSR count). The molecule has 122 valence electrons. The molecular weight excluding hydrogens is 304 g/mol. The normalized spacial score (nSPS) is 17.9. The van der Waals surface area contributed by atoms with E-state index in [1.165, 1.54) is 4.31 Å². The number of benzene rings is 1. The van der Waals surface area contributed by atoms with E-state index in [0.29, 0.717) is 25.4 Å². The van der Waals surface area contributed by atoms with Gasteiger partial charge in [0.05, 0.1) is 5.75 Å². The van der Waals surface area contributed by atoms with Crippen molar-refractivity contribution in [3.63, 3.8) is 0 Å². The van der Waals surface area contributed by atoms with Gasteiger partial charge in [-0.25, -0.2) is 12.7 Å². The third kappa shape index (κ3) is 4.99. The molecule has 1 aliphatic heterocycles. The highest BCUT2D eigenvalue weighted by molar-refractivity contribution is 7.89. The van der Waals surface area contributed by atoms with E-state index in [2.05, 4.69) is 5.32 Å². The highest BCUT2D eigenvalue weighted by Gasteiger charge is 2.25. The number of rotatable bonds is 6. The molecule has 1 fully saturated rings. The summed E-state index contributed by atoms with van der Waals surface area (Å²) in [4.78, 5) is 11.7. The maximum Gasteiger partial charge on any atom is 0.257 e. The summed E-state index contributed by atoms with van der Waals surface area (Å²) in [5.74, 6) is 0.599. The Morgan fingerprint density at radius 1 is 1.36 bits per heavy atom. The highest BCUT2D eigenvalue weighted by atomic mass is 32.2. The van der Waals surface area contributed by atoms with E-state index in [4.69, 9.17) is 4.74 Å². The van der Waals surface area contributed by atoms with E-state index >= 15 is 0 Å². The molecule has 22 heavy (non-hydrogen) atoms. The molecule has 1 aromatic rings. The van der Waals surface area contributed by atoms with Crippen LogP contribution in [0.2, 0.25) is 0 Å². The largest absolute Gasteiger partial charge is 0.484 e. The van der Waals surface area contributed by atoms with Crippen molar-refractivity contribution in [1.29, 1.82) is 0 Å². The van der Waals surface area contributed by atoms with Gasteiger partial charge in [0, 0.05) is 19.6 Å². The van der Waals surface area contributed by atoms with Gasteiger partial charge in [-0.1, -0.05) is 12.1 Å². The topological polar surface area (TPSA) is 75.7 Å². The fourth-order valence-electron chi connectivity index (χ4n) is 2.32. The van der Waals surface area contributed by atoms with Gasteiger partial charge < -0.3 is 10.1 Å². The van der Waals surface area contributed by atoms with Gasteiger partial charge in [0.2, 0.25) is 10.0 Å². The summed E-state index contributed by atoms with van der Waals surface area (Å²) in [6.07, 6.45) is 1.60. The highest BCUT2D eigenvalue weighted by Crippen LogP contribution is 2.13. The van der Waals surface area contributed by atoms with Gasteiger partial charge in [-0.05, 0) is 37.5 Å². The molecule has 7 heteroatoms. The monoisotopic (exact) mass is 326 g/mol. The van der Waals surface area contributed by atoms with Gasteiger partial charge in [-0.2, -0.15) is 0 Å².